The van der Waals surface area contributed by atoms with Crippen LogP contribution >= 0.6 is 0 Å². The molecular weight excluding hydrogens is 238 g/mol. The molecule has 0 spiro atoms. The molecule has 2 aliphatic rings. The minimum Gasteiger partial charge on any atom is -0.376 e. The van der Waals surface area contributed by atoms with Gasteiger partial charge in [0.1, 0.15) is 0 Å². The Bertz CT molecular complexity index is 398. The van der Waals surface area contributed by atoms with Gasteiger partial charge in [0.15, 0.2) is 0 Å². The molecule has 106 valence electrons. The number of nitrogens with one attached hydrogen (secondary N) is 1. The fraction of sp³-hybridized carbons (Fsp3) is 0.800. The van der Waals surface area contributed by atoms with Gasteiger partial charge in [-0.05, 0) is 45.4 Å². The van der Waals surface area contributed by atoms with Gasteiger partial charge in [-0.1, -0.05) is 0 Å². The average Bonchev–Trinajstić information content (AvgIpc) is 2.88. The van der Waals surface area contributed by atoms with Crippen LogP contribution in [0.2, 0.25) is 0 Å². The second kappa shape index (κ2) is 6.06. The Hall–Kier alpha value is -0.870. The highest BCUT2D eigenvalue weighted by Crippen LogP contribution is 2.26. The van der Waals surface area contributed by atoms with Crippen molar-refractivity contribution in [2.24, 2.45) is 0 Å². The smallest absolute Gasteiger partial charge is 0.0949 e. The summed E-state index contributed by atoms with van der Waals surface area (Å²) in [4.78, 5) is 4.36. The quantitative estimate of drug-likeness (QED) is 0.911. The predicted molar refractivity (Wildman–Crippen MR) is 75.0 cm³/mol. The summed E-state index contributed by atoms with van der Waals surface area (Å²) >= 11 is 0. The molecule has 4 nitrogen and oxygen atoms in total. The molecule has 3 rings (SSSR count). The van der Waals surface area contributed by atoms with Crippen LogP contribution in [0.3, 0.4) is 0 Å². The first-order chi connectivity index (χ1) is 9.33. The van der Waals surface area contributed by atoms with Crippen molar-refractivity contribution < 1.29 is 4.74 Å². The second-order valence-corrected chi connectivity index (χ2v) is 6.01. The summed E-state index contributed by atoms with van der Waals surface area (Å²) in [5.74, 6) is 0. The number of hydrogen-bond donors (Lipinski definition) is 1. The van der Waals surface area contributed by atoms with Gasteiger partial charge < -0.3 is 14.6 Å². The standard InChI is InChI=1S/C15H25N3O/c1-12-5-4-7-14(17-12)15-9-16-11-18(15)10-13-6-2-3-8-19-13/h9,11-14,17H,2-8,10H2,1H3. The molecule has 3 atom stereocenters. The van der Waals surface area contributed by atoms with Crippen LogP contribution in [-0.4, -0.2) is 28.3 Å². The van der Waals surface area contributed by atoms with Gasteiger partial charge in [0.2, 0.25) is 0 Å². The first kappa shape index (κ1) is 13.1. The normalized spacial score (nSPS) is 32.4. The van der Waals surface area contributed by atoms with Crippen molar-refractivity contribution in [1.29, 1.82) is 0 Å². The third-order valence-electron chi connectivity index (χ3n) is 4.39. The first-order valence-electron chi connectivity index (χ1n) is 7.70. The molecule has 0 amide bonds. The van der Waals surface area contributed by atoms with E-state index in [9.17, 15) is 0 Å². The minimum atomic E-state index is 0.378. The zero-order valence-electron chi connectivity index (χ0n) is 11.8. The number of hydrogen-bond acceptors (Lipinski definition) is 3. The number of nitrogens with zero attached hydrogens (tertiary/aromatic N) is 2. The Kier molecular flexibility index (Phi) is 4.18. The molecule has 3 heterocycles. The van der Waals surface area contributed by atoms with Crippen molar-refractivity contribution in [3.05, 3.63) is 18.2 Å². The van der Waals surface area contributed by atoms with E-state index in [4.69, 9.17) is 4.74 Å². The molecule has 1 aromatic rings. The van der Waals surface area contributed by atoms with Gasteiger partial charge in [0.25, 0.3) is 0 Å². The number of ether oxygens (including phenoxy) is 1. The van der Waals surface area contributed by atoms with E-state index in [1.54, 1.807) is 0 Å². The molecule has 3 unspecified atom stereocenters. The monoisotopic (exact) mass is 263 g/mol. The molecule has 2 saturated heterocycles. The summed E-state index contributed by atoms with van der Waals surface area (Å²) in [6.45, 7) is 4.16. The summed E-state index contributed by atoms with van der Waals surface area (Å²) in [6.07, 6.45) is 11.9. The number of aromatic nitrogens is 2. The molecule has 1 N–H and O–H groups in total. The Morgan fingerprint density at radius 3 is 3.05 bits per heavy atom. The zero-order valence-corrected chi connectivity index (χ0v) is 11.8. The van der Waals surface area contributed by atoms with Crippen LogP contribution in [0.5, 0.6) is 0 Å². The molecule has 2 aliphatic heterocycles. The van der Waals surface area contributed by atoms with Crippen molar-refractivity contribution in [3.63, 3.8) is 0 Å². The zero-order chi connectivity index (χ0) is 13.1. The molecule has 0 aromatic carbocycles. The molecule has 4 heteroatoms. The van der Waals surface area contributed by atoms with Gasteiger partial charge in [-0.3, -0.25) is 0 Å². The summed E-state index contributed by atoms with van der Waals surface area (Å²) < 4.78 is 8.14. The Morgan fingerprint density at radius 1 is 1.32 bits per heavy atom. The lowest BCUT2D eigenvalue weighted by Crippen LogP contribution is -2.36. The number of imidazole rings is 1. The fourth-order valence-electron chi connectivity index (χ4n) is 3.32. The molecule has 0 bridgehead atoms. The van der Waals surface area contributed by atoms with E-state index >= 15 is 0 Å². The Balaban J connectivity index is 1.67. The van der Waals surface area contributed by atoms with Gasteiger partial charge >= 0.3 is 0 Å². The highest BCUT2D eigenvalue weighted by atomic mass is 16.5. The molecule has 0 saturated carbocycles. The predicted octanol–water partition coefficient (Wildman–Crippen LogP) is 2.66. The SMILES string of the molecule is CC1CCCC(c2cncn2CC2CCCCO2)N1. The van der Waals surface area contributed by atoms with E-state index in [2.05, 4.69) is 21.8 Å². The Labute approximate surface area is 115 Å². The first-order valence-corrected chi connectivity index (χ1v) is 7.70. The lowest BCUT2D eigenvalue weighted by atomic mass is 9.97. The lowest BCUT2D eigenvalue weighted by molar-refractivity contribution is 0.00525. The number of rotatable bonds is 3. The summed E-state index contributed by atoms with van der Waals surface area (Å²) in [6, 6.07) is 1.09. The van der Waals surface area contributed by atoms with Gasteiger partial charge in [0, 0.05) is 24.9 Å². The van der Waals surface area contributed by atoms with E-state index in [-0.39, 0.29) is 0 Å². The van der Waals surface area contributed by atoms with Crippen LogP contribution in [-0.2, 0) is 11.3 Å². The third kappa shape index (κ3) is 3.18. The van der Waals surface area contributed by atoms with Gasteiger partial charge in [0.05, 0.1) is 24.7 Å². The highest BCUT2D eigenvalue weighted by Gasteiger charge is 2.23. The lowest BCUT2D eigenvalue weighted by Gasteiger charge is -2.30. The maximum atomic E-state index is 5.85. The molecule has 19 heavy (non-hydrogen) atoms. The molecule has 1 aromatic heterocycles. The maximum absolute atomic E-state index is 5.85. The van der Waals surface area contributed by atoms with E-state index in [1.165, 1.54) is 44.2 Å². The largest absolute Gasteiger partial charge is 0.376 e. The van der Waals surface area contributed by atoms with Crippen molar-refractivity contribution in [3.8, 4) is 0 Å². The topological polar surface area (TPSA) is 39.1 Å². The van der Waals surface area contributed by atoms with Crippen LogP contribution in [0.1, 0.15) is 57.2 Å². The average molecular weight is 263 g/mol. The maximum Gasteiger partial charge on any atom is 0.0949 e. The summed E-state index contributed by atoms with van der Waals surface area (Å²) in [5, 5.41) is 3.69. The van der Waals surface area contributed by atoms with Crippen LogP contribution in [0, 0.1) is 0 Å². The van der Waals surface area contributed by atoms with Gasteiger partial charge in [-0.2, -0.15) is 0 Å². The third-order valence-corrected chi connectivity index (χ3v) is 4.39. The Morgan fingerprint density at radius 2 is 2.26 bits per heavy atom. The van der Waals surface area contributed by atoms with E-state index in [1.807, 2.05) is 12.5 Å². The van der Waals surface area contributed by atoms with Gasteiger partial charge in [-0.15, -0.1) is 0 Å². The minimum absolute atomic E-state index is 0.378. The molecule has 0 radical (unpaired) electrons. The second-order valence-electron chi connectivity index (χ2n) is 6.01. The molecular formula is C15H25N3O. The highest BCUT2D eigenvalue weighted by molar-refractivity contribution is 5.07. The van der Waals surface area contributed by atoms with Crippen LogP contribution < -0.4 is 5.32 Å². The van der Waals surface area contributed by atoms with Crippen LogP contribution in [0.25, 0.3) is 0 Å². The van der Waals surface area contributed by atoms with Crippen LogP contribution in [0.15, 0.2) is 12.5 Å². The van der Waals surface area contributed by atoms with Crippen molar-refractivity contribution in [2.45, 2.75) is 70.2 Å². The summed E-state index contributed by atoms with van der Waals surface area (Å²) in [5.41, 5.74) is 1.33. The molecule has 2 fully saturated rings. The van der Waals surface area contributed by atoms with Crippen molar-refractivity contribution in [2.75, 3.05) is 6.61 Å². The fourth-order valence-corrected chi connectivity index (χ4v) is 3.32. The molecule has 0 aliphatic carbocycles. The summed E-state index contributed by atoms with van der Waals surface area (Å²) in [7, 11) is 0. The van der Waals surface area contributed by atoms with Crippen molar-refractivity contribution >= 4 is 0 Å². The van der Waals surface area contributed by atoms with E-state index in [0.29, 0.717) is 18.2 Å². The van der Waals surface area contributed by atoms with Crippen molar-refractivity contribution in [1.82, 2.24) is 14.9 Å². The van der Waals surface area contributed by atoms with E-state index < -0.39 is 0 Å². The number of piperidine rings is 1. The van der Waals surface area contributed by atoms with Crippen LogP contribution in [0.4, 0.5) is 0 Å². The van der Waals surface area contributed by atoms with Gasteiger partial charge in [-0.25, -0.2) is 4.98 Å². The van der Waals surface area contributed by atoms with E-state index in [0.717, 1.165) is 13.2 Å².